The SMILES string of the molecule is Cn1cc(C(=O)N2CCC3NC(=O)CCC3C2)cn1. The largest absolute Gasteiger partial charge is 0.353 e. The molecule has 1 aromatic heterocycles. The second-order valence-corrected chi connectivity index (χ2v) is 5.42. The summed E-state index contributed by atoms with van der Waals surface area (Å²) in [6, 6.07) is 0.249. The first-order chi connectivity index (χ1) is 9.13. The molecule has 3 rings (SSSR count). The van der Waals surface area contributed by atoms with Gasteiger partial charge in [0.05, 0.1) is 11.8 Å². The first-order valence-electron chi connectivity index (χ1n) is 6.71. The number of nitrogens with one attached hydrogen (secondary N) is 1. The number of aromatic nitrogens is 2. The van der Waals surface area contributed by atoms with E-state index < -0.39 is 0 Å². The molecule has 3 heterocycles. The van der Waals surface area contributed by atoms with Gasteiger partial charge in [-0.05, 0) is 18.8 Å². The minimum Gasteiger partial charge on any atom is -0.353 e. The third-order valence-electron chi connectivity index (χ3n) is 4.06. The molecule has 0 aliphatic carbocycles. The van der Waals surface area contributed by atoms with E-state index in [4.69, 9.17) is 0 Å². The number of aryl methyl sites for hydroxylation is 1. The molecule has 0 saturated carbocycles. The summed E-state index contributed by atoms with van der Waals surface area (Å²) in [6.07, 6.45) is 5.67. The molecule has 19 heavy (non-hydrogen) atoms. The topological polar surface area (TPSA) is 67.2 Å². The van der Waals surface area contributed by atoms with Gasteiger partial charge in [-0.1, -0.05) is 0 Å². The minimum atomic E-state index is 0.0449. The Morgan fingerprint density at radius 2 is 2.32 bits per heavy atom. The number of fused-ring (bicyclic) bond motifs is 1. The summed E-state index contributed by atoms with van der Waals surface area (Å²) < 4.78 is 1.64. The average molecular weight is 262 g/mol. The maximum absolute atomic E-state index is 12.3. The quantitative estimate of drug-likeness (QED) is 0.784. The lowest BCUT2D eigenvalue weighted by atomic mass is 9.85. The lowest BCUT2D eigenvalue weighted by molar-refractivity contribution is -0.125. The number of piperidine rings is 2. The van der Waals surface area contributed by atoms with Gasteiger partial charge in [0, 0.05) is 38.8 Å². The number of hydrogen-bond acceptors (Lipinski definition) is 3. The second kappa shape index (κ2) is 4.68. The molecule has 2 saturated heterocycles. The molecular formula is C13H18N4O2. The van der Waals surface area contributed by atoms with E-state index >= 15 is 0 Å². The molecular weight excluding hydrogens is 244 g/mol. The number of carbonyl (C=O) groups is 2. The highest BCUT2D eigenvalue weighted by atomic mass is 16.2. The Balaban J connectivity index is 1.68. The van der Waals surface area contributed by atoms with Crippen LogP contribution in [0.4, 0.5) is 0 Å². The number of nitrogens with zero attached hydrogens (tertiary/aromatic N) is 3. The number of amides is 2. The summed E-state index contributed by atoms with van der Waals surface area (Å²) in [5, 5.41) is 7.06. The zero-order valence-electron chi connectivity index (χ0n) is 11.0. The van der Waals surface area contributed by atoms with Crippen LogP contribution in [-0.2, 0) is 11.8 Å². The molecule has 0 radical (unpaired) electrons. The zero-order valence-corrected chi connectivity index (χ0v) is 11.0. The number of rotatable bonds is 1. The van der Waals surface area contributed by atoms with Crippen LogP contribution in [0.5, 0.6) is 0 Å². The Kier molecular flexibility index (Phi) is 3.00. The van der Waals surface area contributed by atoms with Crippen LogP contribution in [0.3, 0.4) is 0 Å². The smallest absolute Gasteiger partial charge is 0.257 e. The van der Waals surface area contributed by atoms with Crippen molar-refractivity contribution in [1.82, 2.24) is 20.0 Å². The summed E-state index contributed by atoms with van der Waals surface area (Å²) in [4.78, 5) is 25.6. The highest BCUT2D eigenvalue weighted by molar-refractivity contribution is 5.93. The molecule has 2 amide bonds. The van der Waals surface area contributed by atoms with Crippen molar-refractivity contribution in [2.75, 3.05) is 13.1 Å². The van der Waals surface area contributed by atoms with Gasteiger partial charge < -0.3 is 10.2 Å². The van der Waals surface area contributed by atoms with E-state index in [0.29, 0.717) is 24.4 Å². The molecule has 102 valence electrons. The Morgan fingerprint density at radius 1 is 1.47 bits per heavy atom. The van der Waals surface area contributed by atoms with Gasteiger partial charge in [0.15, 0.2) is 0 Å². The third-order valence-corrected chi connectivity index (χ3v) is 4.06. The molecule has 6 heteroatoms. The van der Waals surface area contributed by atoms with Gasteiger partial charge in [0.1, 0.15) is 0 Å². The van der Waals surface area contributed by atoms with Crippen molar-refractivity contribution in [1.29, 1.82) is 0 Å². The Hall–Kier alpha value is -1.85. The summed E-state index contributed by atoms with van der Waals surface area (Å²) in [5.41, 5.74) is 0.640. The fraction of sp³-hybridized carbons (Fsp3) is 0.615. The van der Waals surface area contributed by atoms with Gasteiger partial charge >= 0.3 is 0 Å². The fourth-order valence-electron chi connectivity index (χ4n) is 3.01. The van der Waals surface area contributed by atoms with Gasteiger partial charge in [-0.3, -0.25) is 14.3 Å². The molecule has 2 fully saturated rings. The highest BCUT2D eigenvalue weighted by Gasteiger charge is 2.35. The van der Waals surface area contributed by atoms with E-state index in [1.807, 2.05) is 4.90 Å². The summed E-state index contributed by atoms with van der Waals surface area (Å²) in [7, 11) is 1.81. The van der Waals surface area contributed by atoms with Crippen LogP contribution in [0.1, 0.15) is 29.6 Å². The molecule has 2 aliphatic heterocycles. The zero-order chi connectivity index (χ0) is 13.4. The van der Waals surface area contributed by atoms with Gasteiger partial charge in [-0.2, -0.15) is 5.10 Å². The molecule has 0 bridgehead atoms. The molecule has 1 aromatic rings. The Bertz CT molecular complexity index is 510. The van der Waals surface area contributed by atoms with Crippen LogP contribution < -0.4 is 5.32 Å². The summed E-state index contributed by atoms with van der Waals surface area (Å²) in [5.74, 6) is 0.587. The Labute approximate surface area is 111 Å². The third kappa shape index (κ3) is 2.34. The van der Waals surface area contributed by atoms with Crippen molar-refractivity contribution in [2.24, 2.45) is 13.0 Å². The van der Waals surface area contributed by atoms with Crippen molar-refractivity contribution in [3.05, 3.63) is 18.0 Å². The van der Waals surface area contributed by atoms with Crippen molar-refractivity contribution in [2.45, 2.75) is 25.3 Å². The molecule has 1 N–H and O–H groups in total. The molecule has 0 spiro atoms. The predicted molar refractivity (Wildman–Crippen MR) is 68.4 cm³/mol. The van der Waals surface area contributed by atoms with Gasteiger partial charge in [0.25, 0.3) is 5.91 Å². The number of hydrogen-bond donors (Lipinski definition) is 1. The van der Waals surface area contributed by atoms with Crippen molar-refractivity contribution in [3.63, 3.8) is 0 Å². The predicted octanol–water partition coefficient (Wildman–Crippen LogP) is 0.161. The minimum absolute atomic E-state index is 0.0449. The van der Waals surface area contributed by atoms with E-state index in [2.05, 4.69) is 10.4 Å². The van der Waals surface area contributed by atoms with Crippen molar-refractivity contribution in [3.8, 4) is 0 Å². The lowest BCUT2D eigenvalue weighted by Gasteiger charge is -2.41. The Morgan fingerprint density at radius 3 is 3.05 bits per heavy atom. The van der Waals surface area contributed by atoms with Crippen LogP contribution in [0.15, 0.2) is 12.4 Å². The van der Waals surface area contributed by atoms with E-state index in [9.17, 15) is 9.59 Å². The number of likely N-dealkylation sites (tertiary alicyclic amines) is 1. The van der Waals surface area contributed by atoms with E-state index in [1.165, 1.54) is 0 Å². The lowest BCUT2D eigenvalue weighted by Crippen LogP contribution is -2.55. The van der Waals surface area contributed by atoms with Crippen LogP contribution in [-0.4, -0.2) is 45.6 Å². The van der Waals surface area contributed by atoms with E-state index in [-0.39, 0.29) is 17.9 Å². The summed E-state index contributed by atoms with van der Waals surface area (Å²) in [6.45, 7) is 1.44. The summed E-state index contributed by atoms with van der Waals surface area (Å²) >= 11 is 0. The first kappa shape index (κ1) is 12.2. The van der Waals surface area contributed by atoms with Gasteiger partial charge in [-0.15, -0.1) is 0 Å². The van der Waals surface area contributed by atoms with E-state index in [1.54, 1.807) is 24.1 Å². The monoisotopic (exact) mass is 262 g/mol. The van der Waals surface area contributed by atoms with Gasteiger partial charge in [-0.25, -0.2) is 0 Å². The van der Waals surface area contributed by atoms with Crippen LogP contribution in [0.25, 0.3) is 0 Å². The average Bonchev–Trinajstić information content (AvgIpc) is 2.84. The van der Waals surface area contributed by atoms with Crippen LogP contribution in [0, 0.1) is 5.92 Å². The number of carbonyl (C=O) groups excluding carboxylic acids is 2. The molecule has 0 aromatic carbocycles. The van der Waals surface area contributed by atoms with Crippen molar-refractivity contribution >= 4 is 11.8 Å². The molecule has 6 nitrogen and oxygen atoms in total. The second-order valence-electron chi connectivity index (χ2n) is 5.42. The normalized spacial score (nSPS) is 26.8. The first-order valence-corrected chi connectivity index (χ1v) is 6.71. The highest BCUT2D eigenvalue weighted by Crippen LogP contribution is 2.26. The van der Waals surface area contributed by atoms with Gasteiger partial charge in [0.2, 0.25) is 5.91 Å². The molecule has 2 aliphatic rings. The maximum Gasteiger partial charge on any atom is 0.257 e. The standard InChI is InChI=1S/C13H18N4O2/c1-16-7-10(6-14-16)13(19)17-5-4-11-9(8-17)2-3-12(18)15-11/h6-7,9,11H,2-5,8H2,1H3,(H,15,18). The van der Waals surface area contributed by atoms with E-state index in [0.717, 1.165) is 19.4 Å². The molecule has 2 atom stereocenters. The fourth-order valence-corrected chi connectivity index (χ4v) is 3.01. The van der Waals surface area contributed by atoms with Crippen LogP contribution >= 0.6 is 0 Å². The van der Waals surface area contributed by atoms with Crippen LogP contribution in [0.2, 0.25) is 0 Å². The molecule has 2 unspecified atom stereocenters. The van der Waals surface area contributed by atoms with Crippen molar-refractivity contribution < 1.29 is 9.59 Å². The maximum atomic E-state index is 12.3.